The summed E-state index contributed by atoms with van der Waals surface area (Å²) in [6.45, 7) is 1.77. The molecule has 12 heavy (non-hydrogen) atoms. The highest BCUT2D eigenvalue weighted by Gasteiger charge is 2.39. The molecule has 0 amide bonds. The van der Waals surface area contributed by atoms with E-state index >= 15 is 0 Å². The second kappa shape index (κ2) is 4.11. The van der Waals surface area contributed by atoms with Gasteiger partial charge in [0.2, 0.25) is 0 Å². The fourth-order valence-electron chi connectivity index (χ4n) is 0.839. The van der Waals surface area contributed by atoms with Gasteiger partial charge in [0, 0.05) is 11.8 Å². The van der Waals surface area contributed by atoms with Crippen LogP contribution in [0.1, 0.15) is 6.92 Å². The molecule has 0 saturated heterocycles. The molecule has 0 aromatic rings. The van der Waals surface area contributed by atoms with Gasteiger partial charge in [-0.05, 0) is 21.0 Å². The quantitative estimate of drug-likeness (QED) is 0.533. The molecule has 4 nitrogen and oxygen atoms in total. The Morgan fingerprint density at radius 3 is 2.25 bits per heavy atom. The lowest BCUT2D eigenvalue weighted by molar-refractivity contribution is -0.144. The second-order valence-corrected chi connectivity index (χ2v) is 3.46. The zero-order chi connectivity index (χ0) is 9.94. The van der Waals surface area contributed by atoms with Crippen molar-refractivity contribution >= 4 is 18.6 Å². The Labute approximate surface area is 78.1 Å². The molecule has 72 valence electrons. The number of nitrogens with zero attached hydrogens (tertiary/aromatic N) is 1. The molecular formula is C7H16N2O2S. The van der Waals surface area contributed by atoms with Crippen molar-refractivity contribution in [3.05, 3.63) is 0 Å². The van der Waals surface area contributed by atoms with Gasteiger partial charge in [-0.1, -0.05) is 0 Å². The first-order valence-corrected chi connectivity index (χ1v) is 4.29. The molecule has 0 rings (SSSR count). The number of hydrogen-bond acceptors (Lipinski definition) is 4. The summed E-state index contributed by atoms with van der Waals surface area (Å²) in [7, 11) is 3.58. The summed E-state index contributed by atoms with van der Waals surface area (Å²) >= 11 is 3.94. The molecule has 0 aromatic heterocycles. The van der Waals surface area contributed by atoms with Gasteiger partial charge >= 0.3 is 5.97 Å². The predicted molar refractivity (Wildman–Crippen MR) is 51.6 cm³/mol. The van der Waals surface area contributed by atoms with Gasteiger partial charge in [0.1, 0.15) is 5.54 Å². The molecule has 0 spiro atoms. The SMILES string of the molecule is CC(N(C)C)C(N)(CS)C(=O)O. The van der Waals surface area contributed by atoms with Crippen LogP contribution < -0.4 is 5.73 Å². The van der Waals surface area contributed by atoms with E-state index in [4.69, 9.17) is 10.8 Å². The molecule has 0 aliphatic rings. The number of likely N-dealkylation sites (N-methyl/N-ethyl adjacent to an activating group) is 1. The third kappa shape index (κ3) is 2.12. The lowest BCUT2D eigenvalue weighted by Gasteiger charge is -2.34. The molecule has 0 aromatic carbocycles. The summed E-state index contributed by atoms with van der Waals surface area (Å²) < 4.78 is 0. The molecule has 0 radical (unpaired) electrons. The number of hydrogen-bond donors (Lipinski definition) is 3. The minimum Gasteiger partial charge on any atom is -0.480 e. The monoisotopic (exact) mass is 192 g/mol. The van der Waals surface area contributed by atoms with Crippen LogP contribution in [0.4, 0.5) is 0 Å². The van der Waals surface area contributed by atoms with Crippen molar-refractivity contribution in [2.24, 2.45) is 5.73 Å². The highest BCUT2D eigenvalue weighted by atomic mass is 32.1. The van der Waals surface area contributed by atoms with E-state index in [0.717, 1.165) is 0 Å². The lowest BCUT2D eigenvalue weighted by atomic mass is 9.94. The summed E-state index contributed by atoms with van der Waals surface area (Å²) in [6.07, 6.45) is 0. The Hall–Kier alpha value is -0.260. The smallest absolute Gasteiger partial charge is 0.326 e. The Morgan fingerprint density at radius 1 is 1.75 bits per heavy atom. The summed E-state index contributed by atoms with van der Waals surface area (Å²) in [5.74, 6) is -0.888. The number of carboxylic acids is 1. The summed E-state index contributed by atoms with van der Waals surface area (Å²) in [5, 5.41) is 8.85. The van der Waals surface area contributed by atoms with Gasteiger partial charge in [-0.3, -0.25) is 4.79 Å². The molecule has 0 heterocycles. The van der Waals surface area contributed by atoms with Crippen LogP contribution in [0.15, 0.2) is 0 Å². The van der Waals surface area contributed by atoms with Crippen molar-refractivity contribution in [3.8, 4) is 0 Å². The normalized spacial score (nSPS) is 18.8. The molecule has 3 N–H and O–H groups in total. The topological polar surface area (TPSA) is 66.6 Å². The fourth-order valence-corrected chi connectivity index (χ4v) is 1.24. The highest BCUT2D eigenvalue weighted by molar-refractivity contribution is 7.80. The largest absolute Gasteiger partial charge is 0.480 e. The van der Waals surface area contributed by atoms with Gasteiger partial charge in [0.05, 0.1) is 0 Å². The van der Waals surface area contributed by atoms with E-state index in [1.807, 2.05) is 0 Å². The van der Waals surface area contributed by atoms with Crippen molar-refractivity contribution in [2.75, 3.05) is 19.8 Å². The molecule has 0 fully saturated rings. The van der Waals surface area contributed by atoms with E-state index in [9.17, 15) is 4.79 Å². The third-order valence-corrected chi connectivity index (χ3v) is 2.70. The minimum atomic E-state index is -1.27. The van der Waals surface area contributed by atoms with E-state index in [0.29, 0.717) is 0 Å². The summed E-state index contributed by atoms with van der Waals surface area (Å²) in [4.78, 5) is 12.6. The van der Waals surface area contributed by atoms with Crippen molar-refractivity contribution in [2.45, 2.75) is 18.5 Å². The first kappa shape index (κ1) is 11.7. The lowest BCUT2D eigenvalue weighted by Crippen LogP contribution is -2.62. The van der Waals surface area contributed by atoms with Gasteiger partial charge in [0.15, 0.2) is 0 Å². The highest BCUT2D eigenvalue weighted by Crippen LogP contribution is 2.13. The molecule has 0 saturated carbocycles. The van der Waals surface area contributed by atoms with Crippen LogP contribution in [0.5, 0.6) is 0 Å². The maximum absolute atomic E-state index is 10.8. The van der Waals surface area contributed by atoms with Gasteiger partial charge in [-0.15, -0.1) is 0 Å². The Balaban J connectivity index is 4.63. The standard InChI is InChI=1S/C7H16N2O2S/c1-5(9(2)3)7(8,4-12)6(10)11/h5,12H,4,8H2,1-3H3,(H,10,11). The molecule has 0 bridgehead atoms. The Morgan fingerprint density at radius 2 is 2.17 bits per heavy atom. The van der Waals surface area contributed by atoms with Gasteiger partial charge in [-0.2, -0.15) is 12.6 Å². The van der Waals surface area contributed by atoms with Crippen LogP contribution in [0.25, 0.3) is 0 Å². The van der Waals surface area contributed by atoms with Crippen molar-refractivity contribution in [1.29, 1.82) is 0 Å². The second-order valence-electron chi connectivity index (χ2n) is 3.14. The summed E-state index contributed by atoms with van der Waals surface area (Å²) in [5.41, 5.74) is 4.40. The van der Waals surface area contributed by atoms with E-state index in [1.165, 1.54) is 0 Å². The van der Waals surface area contributed by atoms with E-state index in [1.54, 1.807) is 25.9 Å². The zero-order valence-electron chi connectivity index (χ0n) is 7.61. The van der Waals surface area contributed by atoms with Gasteiger partial charge in [0.25, 0.3) is 0 Å². The predicted octanol–water partition coefficient (Wildman–Crippen LogP) is -0.352. The van der Waals surface area contributed by atoms with E-state index in [2.05, 4.69) is 12.6 Å². The Kier molecular flexibility index (Phi) is 4.02. The van der Waals surface area contributed by atoms with E-state index < -0.39 is 11.5 Å². The van der Waals surface area contributed by atoms with Gasteiger partial charge in [-0.25, -0.2) is 0 Å². The van der Waals surface area contributed by atoms with Crippen LogP contribution in [0.2, 0.25) is 0 Å². The number of rotatable bonds is 4. The van der Waals surface area contributed by atoms with Gasteiger partial charge < -0.3 is 15.7 Å². The van der Waals surface area contributed by atoms with Crippen LogP contribution in [0.3, 0.4) is 0 Å². The average molecular weight is 192 g/mol. The maximum atomic E-state index is 10.8. The van der Waals surface area contributed by atoms with Crippen LogP contribution in [0, 0.1) is 0 Å². The fraction of sp³-hybridized carbons (Fsp3) is 0.857. The average Bonchev–Trinajstić information content (AvgIpc) is 2.01. The summed E-state index contributed by atoms with van der Waals surface area (Å²) in [6, 6.07) is -0.243. The number of thiol groups is 1. The molecule has 5 heteroatoms. The van der Waals surface area contributed by atoms with Crippen molar-refractivity contribution < 1.29 is 9.90 Å². The van der Waals surface area contributed by atoms with Crippen LogP contribution in [-0.2, 0) is 4.79 Å². The third-order valence-electron chi connectivity index (χ3n) is 2.18. The molecule has 0 aliphatic heterocycles. The minimum absolute atomic E-state index is 0.127. The number of carboxylic acid groups (broad SMARTS) is 1. The van der Waals surface area contributed by atoms with Crippen LogP contribution in [-0.4, -0.2) is 47.4 Å². The van der Waals surface area contributed by atoms with Crippen molar-refractivity contribution in [3.63, 3.8) is 0 Å². The van der Waals surface area contributed by atoms with E-state index in [-0.39, 0.29) is 11.8 Å². The number of aliphatic carboxylic acids is 1. The maximum Gasteiger partial charge on any atom is 0.326 e. The Bertz CT molecular complexity index is 175. The van der Waals surface area contributed by atoms with Crippen LogP contribution >= 0.6 is 12.6 Å². The zero-order valence-corrected chi connectivity index (χ0v) is 8.51. The molecule has 2 atom stereocenters. The first-order valence-electron chi connectivity index (χ1n) is 3.65. The molecular weight excluding hydrogens is 176 g/mol. The number of carbonyl (C=O) groups is 1. The molecule has 0 aliphatic carbocycles. The number of nitrogens with two attached hydrogens (primary N) is 1. The van der Waals surface area contributed by atoms with Crippen molar-refractivity contribution in [1.82, 2.24) is 4.90 Å². The molecule has 2 unspecified atom stereocenters. The first-order chi connectivity index (χ1) is 5.36.